The number of para-hydroxylation sites is 2. The number of aromatic nitrogens is 2. The van der Waals surface area contributed by atoms with Crippen molar-refractivity contribution < 1.29 is 21.9 Å². The molecular weight excluding hydrogens is 330 g/mol. The zero-order valence-corrected chi connectivity index (χ0v) is 13.1. The van der Waals surface area contributed by atoms with Crippen molar-refractivity contribution >= 4 is 10.0 Å². The topological polar surface area (TPSA) is 99.2 Å². The van der Waals surface area contributed by atoms with Crippen LogP contribution in [0.1, 0.15) is 0 Å². The van der Waals surface area contributed by atoms with Gasteiger partial charge in [0.2, 0.25) is 10.0 Å². The molecule has 0 saturated heterocycles. The van der Waals surface area contributed by atoms with E-state index in [0.29, 0.717) is 11.4 Å². The molecule has 23 heavy (non-hydrogen) atoms. The lowest BCUT2D eigenvalue weighted by molar-refractivity contribution is 0.0170. The number of methoxy groups -OCH3 is 1. The van der Waals surface area contributed by atoms with Crippen LogP contribution in [-0.2, 0) is 10.0 Å². The highest BCUT2D eigenvalue weighted by Gasteiger charge is 2.30. The van der Waals surface area contributed by atoms with Crippen molar-refractivity contribution in [2.75, 3.05) is 20.2 Å². The maximum Gasteiger partial charge on any atom is 0.273 e. The highest BCUT2D eigenvalue weighted by molar-refractivity contribution is 7.89. The average Bonchev–Trinajstić information content (AvgIpc) is 3.04. The van der Waals surface area contributed by atoms with Gasteiger partial charge in [-0.05, 0) is 12.1 Å². The van der Waals surface area contributed by atoms with Gasteiger partial charge < -0.3 is 10.5 Å². The van der Waals surface area contributed by atoms with Crippen molar-refractivity contribution in [2.45, 2.75) is 10.8 Å². The first-order chi connectivity index (χ1) is 10.8. The maximum absolute atomic E-state index is 13.1. The molecule has 10 heteroatoms. The molecule has 0 radical (unpaired) electrons. The number of halogens is 2. The van der Waals surface area contributed by atoms with Crippen LogP contribution in [0.3, 0.4) is 0 Å². The summed E-state index contributed by atoms with van der Waals surface area (Å²) in [5.41, 5.74) is 5.39. The van der Waals surface area contributed by atoms with Crippen molar-refractivity contribution in [1.29, 1.82) is 0 Å². The number of alkyl halides is 2. The van der Waals surface area contributed by atoms with Crippen molar-refractivity contribution in [2.24, 2.45) is 5.73 Å². The van der Waals surface area contributed by atoms with Gasteiger partial charge in [0.05, 0.1) is 32.6 Å². The second-order valence-corrected chi connectivity index (χ2v) is 6.44. The molecule has 0 aliphatic rings. The molecule has 1 aromatic carbocycles. The number of nitrogens with zero attached hydrogens (tertiary/aromatic N) is 2. The normalized spacial score (nSPS) is 12.3. The molecule has 1 aromatic heterocycles. The molecule has 0 saturated carbocycles. The first-order valence-corrected chi connectivity index (χ1v) is 8.03. The summed E-state index contributed by atoms with van der Waals surface area (Å²) >= 11 is 0. The lowest BCUT2D eigenvalue weighted by Gasteiger charge is -2.14. The summed E-state index contributed by atoms with van der Waals surface area (Å²) in [5, 5.41) is 3.93. The summed E-state index contributed by atoms with van der Waals surface area (Å²) in [6.07, 6.45) is 2.27. The van der Waals surface area contributed by atoms with Crippen LogP contribution in [0.25, 0.3) is 5.69 Å². The van der Waals surface area contributed by atoms with Gasteiger partial charge in [-0.25, -0.2) is 26.6 Å². The fourth-order valence-corrected chi connectivity index (χ4v) is 2.74. The van der Waals surface area contributed by atoms with Crippen molar-refractivity contribution in [1.82, 2.24) is 14.5 Å². The number of hydrogen-bond acceptors (Lipinski definition) is 5. The molecule has 0 aliphatic heterocycles. The maximum atomic E-state index is 13.1. The number of rotatable bonds is 7. The number of ether oxygens (including phenoxy) is 1. The quantitative estimate of drug-likeness (QED) is 0.771. The summed E-state index contributed by atoms with van der Waals surface area (Å²) < 4.78 is 58.5. The summed E-state index contributed by atoms with van der Waals surface area (Å²) in [4.78, 5) is -0.240. The molecule has 2 aromatic rings. The number of benzene rings is 1. The molecule has 0 bridgehead atoms. The monoisotopic (exact) mass is 346 g/mol. The van der Waals surface area contributed by atoms with Gasteiger partial charge in [-0.15, -0.1) is 0 Å². The van der Waals surface area contributed by atoms with E-state index in [9.17, 15) is 17.2 Å². The van der Waals surface area contributed by atoms with E-state index in [1.807, 2.05) is 4.72 Å². The Hall–Kier alpha value is -2.04. The van der Waals surface area contributed by atoms with Gasteiger partial charge in [-0.1, -0.05) is 12.1 Å². The van der Waals surface area contributed by atoms with Crippen molar-refractivity contribution in [3.63, 3.8) is 0 Å². The van der Waals surface area contributed by atoms with E-state index in [1.165, 1.54) is 18.0 Å². The van der Waals surface area contributed by atoms with Gasteiger partial charge in [0.1, 0.15) is 16.3 Å². The summed E-state index contributed by atoms with van der Waals surface area (Å²) in [7, 11) is -2.65. The molecule has 3 N–H and O–H groups in total. The summed E-state index contributed by atoms with van der Waals surface area (Å²) in [6, 6.07) is 6.84. The van der Waals surface area contributed by atoms with Crippen LogP contribution in [0.5, 0.6) is 5.75 Å². The Balaban J connectivity index is 2.25. The smallest absolute Gasteiger partial charge is 0.273 e. The average molecular weight is 346 g/mol. The second-order valence-electron chi connectivity index (χ2n) is 4.68. The predicted molar refractivity (Wildman–Crippen MR) is 79.3 cm³/mol. The summed E-state index contributed by atoms with van der Waals surface area (Å²) in [6.45, 7) is -2.03. The van der Waals surface area contributed by atoms with Gasteiger partial charge in [-0.3, -0.25) is 0 Å². The van der Waals surface area contributed by atoms with Crippen LogP contribution in [0, 0.1) is 0 Å². The van der Waals surface area contributed by atoms with Gasteiger partial charge >= 0.3 is 0 Å². The Morgan fingerprint density at radius 3 is 2.74 bits per heavy atom. The lowest BCUT2D eigenvalue weighted by atomic mass is 10.3. The molecule has 7 nitrogen and oxygen atoms in total. The highest BCUT2D eigenvalue weighted by atomic mass is 32.2. The first kappa shape index (κ1) is 17.3. The Kier molecular flexibility index (Phi) is 4.97. The van der Waals surface area contributed by atoms with E-state index in [2.05, 4.69) is 5.10 Å². The molecule has 0 aliphatic carbocycles. The highest BCUT2D eigenvalue weighted by Crippen LogP contribution is 2.22. The van der Waals surface area contributed by atoms with E-state index < -0.39 is 29.0 Å². The molecule has 2 rings (SSSR count). The summed E-state index contributed by atoms with van der Waals surface area (Å²) in [5.74, 6) is -2.83. The molecule has 0 fully saturated rings. The van der Waals surface area contributed by atoms with Crippen LogP contribution in [0.15, 0.2) is 41.6 Å². The minimum atomic E-state index is -4.12. The van der Waals surface area contributed by atoms with Gasteiger partial charge in [0.15, 0.2) is 0 Å². The molecule has 0 unspecified atom stereocenters. The molecule has 0 atom stereocenters. The van der Waals surface area contributed by atoms with E-state index in [4.69, 9.17) is 10.5 Å². The number of nitrogens with one attached hydrogen (secondary N) is 1. The first-order valence-electron chi connectivity index (χ1n) is 6.55. The Morgan fingerprint density at radius 1 is 1.39 bits per heavy atom. The van der Waals surface area contributed by atoms with Crippen LogP contribution in [0.4, 0.5) is 8.78 Å². The van der Waals surface area contributed by atoms with E-state index >= 15 is 0 Å². The van der Waals surface area contributed by atoms with Gasteiger partial charge in [0.25, 0.3) is 5.92 Å². The van der Waals surface area contributed by atoms with Gasteiger partial charge in [0, 0.05) is 0 Å². The SMILES string of the molecule is COc1ccccc1-n1cc(S(=O)(=O)NCC(F)(F)CN)cn1. The predicted octanol–water partition coefficient (Wildman–Crippen LogP) is 0.753. The van der Waals surface area contributed by atoms with Gasteiger partial charge in [-0.2, -0.15) is 5.10 Å². The Labute approximate surface area is 132 Å². The van der Waals surface area contributed by atoms with E-state index in [0.717, 1.165) is 6.20 Å². The molecule has 0 amide bonds. The third kappa shape index (κ3) is 4.03. The van der Waals surface area contributed by atoms with Crippen LogP contribution in [-0.4, -0.2) is 44.3 Å². The third-order valence-electron chi connectivity index (χ3n) is 3.02. The largest absolute Gasteiger partial charge is 0.494 e. The third-order valence-corrected chi connectivity index (χ3v) is 4.38. The molecular formula is C13H16F2N4O3S. The fourth-order valence-electron chi connectivity index (χ4n) is 1.75. The molecule has 0 spiro atoms. The van der Waals surface area contributed by atoms with Crippen LogP contribution < -0.4 is 15.2 Å². The number of hydrogen-bond donors (Lipinski definition) is 2. The zero-order chi connectivity index (χ0) is 17.1. The Bertz CT molecular complexity index is 777. The van der Waals surface area contributed by atoms with Crippen LogP contribution in [0.2, 0.25) is 0 Å². The fraction of sp³-hybridized carbons (Fsp3) is 0.308. The standard InChI is InChI=1S/C13H16F2N4O3S/c1-22-12-5-3-2-4-11(12)19-7-10(6-17-19)23(20,21)18-9-13(14,15)8-16/h2-7,18H,8-9,16H2,1H3. The minimum Gasteiger partial charge on any atom is -0.494 e. The minimum absolute atomic E-state index is 0.240. The second kappa shape index (κ2) is 6.60. The Morgan fingerprint density at radius 2 is 2.09 bits per heavy atom. The lowest BCUT2D eigenvalue weighted by Crippen LogP contribution is -2.41. The van der Waals surface area contributed by atoms with Crippen LogP contribution >= 0.6 is 0 Å². The number of sulfonamides is 1. The van der Waals surface area contributed by atoms with Crippen molar-refractivity contribution in [3.05, 3.63) is 36.7 Å². The molecule has 126 valence electrons. The molecule has 1 heterocycles. The van der Waals surface area contributed by atoms with E-state index in [1.54, 1.807) is 24.3 Å². The zero-order valence-electron chi connectivity index (χ0n) is 12.2. The van der Waals surface area contributed by atoms with E-state index in [-0.39, 0.29) is 4.90 Å². The van der Waals surface area contributed by atoms with Crippen molar-refractivity contribution in [3.8, 4) is 11.4 Å². The number of nitrogens with two attached hydrogens (primary N) is 1.